The summed E-state index contributed by atoms with van der Waals surface area (Å²) in [6.45, 7) is 13.7. The molecule has 96 heavy (non-hydrogen) atoms. The van der Waals surface area contributed by atoms with Gasteiger partial charge in [-0.3, -0.25) is 19.6 Å². The number of aromatic nitrogens is 7. The predicted molar refractivity (Wildman–Crippen MR) is 361 cm³/mol. The third-order valence-electron chi connectivity index (χ3n) is 14.9. The number of nitrogen functional groups attached to an aromatic ring is 1. The Labute approximate surface area is 548 Å². The van der Waals surface area contributed by atoms with Crippen LogP contribution in [0.25, 0.3) is 89.9 Å². The van der Waals surface area contributed by atoms with Gasteiger partial charge in [0.05, 0.1) is 34.4 Å². The molecule has 7 N–H and O–H groups in total. The van der Waals surface area contributed by atoms with E-state index >= 15 is 0 Å². The topological polar surface area (TPSA) is 353 Å². The molecular formula is C72H68N10O14. The number of benzene rings is 8. The molecule has 0 atom stereocenters. The Morgan fingerprint density at radius 1 is 0.510 bits per heavy atom. The number of amides is 1. The van der Waals surface area contributed by atoms with Crippen molar-refractivity contribution < 1.29 is 61.8 Å². The summed E-state index contributed by atoms with van der Waals surface area (Å²) in [6.07, 6.45) is 4.27. The van der Waals surface area contributed by atoms with Crippen molar-refractivity contribution >= 4 is 84.4 Å². The van der Waals surface area contributed by atoms with Crippen LogP contribution in [0.5, 0.6) is 0 Å². The molecule has 1 amide bonds. The number of non-ortho nitro benzene ring substituents is 1. The van der Waals surface area contributed by atoms with Gasteiger partial charge in [0, 0.05) is 75.7 Å². The Kier molecular flexibility index (Phi) is 19.2. The lowest BCUT2D eigenvalue weighted by molar-refractivity contribution is -0.384. The molecule has 0 aliphatic carbocycles. The number of aliphatic hydroxyl groups is 4. The molecule has 0 unspecified atom stereocenters. The minimum absolute atomic E-state index is 0.0111. The summed E-state index contributed by atoms with van der Waals surface area (Å²) in [5.41, 5.74) is 15.4. The fourth-order valence-corrected chi connectivity index (χ4v) is 10.0. The fourth-order valence-electron chi connectivity index (χ4n) is 10.0. The number of methoxy groups -OCH3 is 1. The first-order valence-electron chi connectivity index (χ1n) is 29.9. The molecule has 14 aromatic rings. The van der Waals surface area contributed by atoms with Gasteiger partial charge in [-0.2, -0.15) is 5.10 Å². The van der Waals surface area contributed by atoms with Gasteiger partial charge in [0.25, 0.3) is 11.6 Å². The van der Waals surface area contributed by atoms with Crippen molar-refractivity contribution in [3.05, 3.63) is 232 Å². The van der Waals surface area contributed by atoms with Gasteiger partial charge in [0.2, 0.25) is 17.7 Å². The molecule has 8 aromatic carbocycles. The average Bonchev–Trinajstić information content (AvgIpc) is 1.64. The Morgan fingerprint density at radius 3 is 1.28 bits per heavy atom. The molecule has 0 aliphatic rings. The van der Waals surface area contributed by atoms with Crippen molar-refractivity contribution in [3.63, 3.8) is 0 Å². The Morgan fingerprint density at radius 2 is 0.885 bits per heavy atom. The zero-order valence-corrected chi connectivity index (χ0v) is 53.9. The van der Waals surface area contributed by atoms with Gasteiger partial charge in [0.1, 0.15) is 38.8 Å². The van der Waals surface area contributed by atoms with E-state index in [0.29, 0.717) is 101 Å². The molecule has 0 fully saturated rings. The van der Waals surface area contributed by atoms with Crippen LogP contribution in [0, 0.1) is 10.1 Å². The maximum Gasteiger partial charge on any atom is 0.341 e. The van der Waals surface area contributed by atoms with E-state index in [2.05, 4.69) is 40.1 Å². The van der Waals surface area contributed by atoms with Crippen LogP contribution in [0.3, 0.4) is 0 Å². The predicted octanol–water partition coefficient (Wildman–Crippen LogP) is 14.3. The first-order valence-corrected chi connectivity index (χ1v) is 29.9. The normalized spacial score (nSPS) is 11.6. The number of carbonyl (C=O) groups is 2. The van der Waals surface area contributed by atoms with E-state index in [1.165, 1.54) is 36.7 Å². The van der Waals surface area contributed by atoms with Gasteiger partial charge in [-0.25, -0.2) is 29.7 Å². The molecule has 0 radical (unpaired) electrons. The smallest absolute Gasteiger partial charge is 0.341 e. The lowest BCUT2D eigenvalue weighted by Crippen LogP contribution is -2.15. The zero-order valence-electron chi connectivity index (χ0n) is 53.9. The second-order valence-corrected chi connectivity index (χ2v) is 24.1. The number of fused-ring (bicyclic) bond motifs is 5. The summed E-state index contributed by atoms with van der Waals surface area (Å²) in [6, 6.07) is 49.4. The molecule has 24 heteroatoms. The fraction of sp³-hybridized carbons (Fsp3) is 0.194. The van der Waals surface area contributed by atoms with Crippen molar-refractivity contribution in [1.29, 1.82) is 0 Å². The van der Waals surface area contributed by atoms with Gasteiger partial charge in [-0.05, 0) is 159 Å². The van der Waals surface area contributed by atoms with Crippen molar-refractivity contribution in [2.45, 2.75) is 77.8 Å². The molecule has 0 saturated heterocycles. The Hall–Kier alpha value is -11.7. The number of para-hydroxylation sites is 5. The van der Waals surface area contributed by atoms with E-state index in [4.69, 9.17) is 27.8 Å². The molecule has 14 rings (SSSR count). The van der Waals surface area contributed by atoms with Crippen LogP contribution in [-0.4, -0.2) is 79.0 Å². The van der Waals surface area contributed by atoms with Gasteiger partial charge < -0.3 is 58.3 Å². The largest absolute Gasteiger partial charge is 0.465 e. The number of hydrogen-bond acceptors (Lipinski definition) is 21. The lowest BCUT2D eigenvalue weighted by atomic mass is 9.98. The molecule has 6 heterocycles. The van der Waals surface area contributed by atoms with Crippen LogP contribution in [0.2, 0.25) is 0 Å². The molecule has 6 aromatic heterocycles. The first kappa shape index (κ1) is 67.2. The number of nitrogens with one attached hydrogen (secondary N) is 1. The van der Waals surface area contributed by atoms with Crippen LogP contribution in [-0.2, 0) is 34.2 Å². The van der Waals surface area contributed by atoms with Crippen LogP contribution in [0.4, 0.5) is 17.1 Å². The van der Waals surface area contributed by atoms with Gasteiger partial charge in [-0.1, -0.05) is 54.6 Å². The van der Waals surface area contributed by atoms with Crippen molar-refractivity contribution in [2.75, 3.05) is 18.2 Å². The van der Waals surface area contributed by atoms with Crippen molar-refractivity contribution in [3.8, 4) is 34.4 Å². The Balaban J connectivity index is 0.000000134. The van der Waals surface area contributed by atoms with Crippen LogP contribution < -0.4 is 11.1 Å². The number of aryl methyl sites for hydroxylation is 1. The van der Waals surface area contributed by atoms with E-state index < -0.39 is 33.3 Å². The minimum Gasteiger partial charge on any atom is -0.465 e. The van der Waals surface area contributed by atoms with E-state index in [-0.39, 0.29) is 11.6 Å². The number of nitrogens with zero attached hydrogens (tertiary/aromatic N) is 8. The summed E-state index contributed by atoms with van der Waals surface area (Å²) in [4.78, 5) is 55.0. The van der Waals surface area contributed by atoms with Crippen LogP contribution in [0.15, 0.2) is 211 Å². The molecule has 0 bridgehead atoms. The molecule has 0 spiro atoms. The highest BCUT2D eigenvalue weighted by Crippen LogP contribution is 2.36. The number of ether oxygens (including phenoxy) is 1. The lowest BCUT2D eigenvalue weighted by Gasteiger charge is -2.17. The minimum atomic E-state index is -1.05. The number of carbonyl (C=O) groups excluding carboxylic acids is 2. The first-order chi connectivity index (χ1) is 45.5. The number of nitro groups is 1. The molecular weight excluding hydrogens is 1230 g/mol. The van der Waals surface area contributed by atoms with E-state index in [9.17, 15) is 40.1 Å². The number of nitro benzene ring substituents is 1. The van der Waals surface area contributed by atoms with Gasteiger partial charge in [-0.15, -0.1) is 0 Å². The monoisotopic (exact) mass is 1300 g/mol. The molecule has 0 aliphatic heterocycles. The number of rotatable bonds is 11. The number of esters is 1. The highest BCUT2D eigenvalue weighted by molar-refractivity contribution is 6.03. The Bertz CT molecular complexity index is 5050. The summed E-state index contributed by atoms with van der Waals surface area (Å²) in [7, 11) is 3.05. The number of nitrogens with two attached hydrogens (primary N) is 1. The van der Waals surface area contributed by atoms with Gasteiger partial charge in [0.15, 0.2) is 40.7 Å². The highest BCUT2D eigenvalue weighted by Gasteiger charge is 2.27. The average molecular weight is 1300 g/mol. The number of anilines is 2. The number of hydrogen-bond donors (Lipinski definition) is 6. The van der Waals surface area contributed by atoms with Crippen molar-refractivity contribution in [2.24, 2.45) is 7.05 Å². The molecule has 24 nitrogen and oxygen atoms in total. The maximum atomic E-state index is 12.3. The van der Waals surface area contributed by atoms with E-state index in [1.54, 1.807) is 147 Å². The van der Waals surface area contributed by atoms with E-state index in [0.717, 1.165) is 33.3 Å². The van der Waals surface area contributed by atoms with Crippen LogP contribution >= 0.6 is 0 Å². The quantitative estimate of drug-likeness (QED) is 0.0303. The maximum absolute atomic E-state index is 12.3. The summed E-state index contributed by atoms with van der Waals surface area (Å²) < 4.78 is 33.9. The van der Waals surface area contributed by atoms with Crippen LogP contribution in [0.1, 0.15) is 98.5 Å². The summed E-state index contributed by atoms with van der Waals surface area (Å²) in [5.74, 6) is 0.696. The summed E-state index contributed by atoms with van der Waals surface area (Å²) in [5, 5.41) is 58.1. The SMILES string of the molecule is CC(C)(O)c1cccc2nc(-c3ccc(N)cc3)oc12.CC(C)(O)c1cccc2nc(-c3ccc([N+](=O)[O-])cc3)oc12.CC(C)(O)c1cccc2ncoc12.COC(=O)c1cccc2ncoc12.Cn1nccc1C(=O)Nc1ccc(-c2nc3cccc(C(C)(C)O)c3o2)cc1. The van der Waals surface area contributed by atoms with Gasteiger partial charge >= 0.3 is 5.97 Å². The second-order valence-electron chi connectivity index (χ2n) is 24.1. The second kappa shape index (κ2) is 27.5. The standard InChI is InChI=1S/C21H20N4O3.C16H14N2O4.C16H16N2O2.C10H11NO2.C9H7NO3/c1-21(2,27)15-5-4-6-16-18(15)28-20(24-16)13-7-9-14(10-8-13)23-19(26)17-11-12-22-25(17)3;1-16(2,19)12-4-3-5-13-14(12)22-15(17-13)10-6-8-11(9-7-10)18(20)21;1-16(2,19)12-4-3-5-13-14(12)20-15(18-13)10-6-8-11(17)9-7-10;1-10(2,12)7-4-3-5-8-9(7)13-6-11-8;1-12-9(11)6-3-2-4-7-8(6)13-5-10-7/h4-12,27H,1-3H3,(H,23,26);3-9,19H,1-2H3;3-9,19H,17H2,1-2H3;3-6,12H,1-2H3;2-5H,1H3. The third kappa shape index (κ3) is 15.3. The van der Waals surface area contributed by atoms with Crippen molar-refractivity contribution in [1.82, 2.24) is 34.7 Å². The molecule has 0 saturated carbocycles. The zero-order chi connectivity index (χ0) is 68.9. The summed E-state index contributed by atoms with van der Waals surface area (Å²) >= 11 is 0. The van der Waals surface area contributed by atoms with E-state index in [1.807, 2.05) is 78.9 Å². The molecule has 490 valence electrons. The highest BCUT2D eigenvalue weighted by atomic mass is 16.6. The third-order valence-corrected chi connectivity index (χ3v) is 14.9. The number of oxazole rings is 5.